The lowest BCUT2D eigenvalue weighted by atomic mass is 10.1. The summed E-state index contributed by atoms with van der Waals surface area (Å²) in [6.07, 6.45) is 0.432. The van der Waals surface area contributed by atoms with Crippen LogP contribution in [0.25, 0.3) is 0 Å². The fraction of sp³-hybridized carbons (Fsp3) is 0.417. The quantitative estimate of drug-likeness (QED) is 0.898. The lowest BCUT2D eigenvalue weighted by Gasteiger charge is -2.10. The Kier molecular flexibility index (Phi) is 5.95. The zero-order chi connectivity index (χ0) is 12.8. The minimum Gasteiger partial charge on any atom is -0.384 e. The van der Waals surface area contributed by atoms with Gasteiger partial charge in [-0.3, -0.25) is 4.79 Å². The number of amides is 1. The lowest BCUT2D eigenvalue weighted by Crippen LogP contribution is -2.17. The van der Waals surface area contributed by atoms with E-state index < -0.39 is 0 Å². The molecule has 17 heavy (non-hydrogen) atoms. The Morgan fingerprint density at radius 1 is 1.59 bits per heavy atom. The molecule has 0 saturated heterocycles. The maximum absolute atomic E-state index is 11.7. The molecule has 1 atom stereocenters. The second kappa shape index (κ2) is 6.99. The fourth-order valence-electron chi connectivity index (χ4n) is 1.45. The molecule has 94 valence electrons. The van der Waals surface area contributed by atoms with Gasteiger partial charge >= 0.3 is 0 Å². The third-order valence-electron chi connectivity index (χ3n) is 2.19. The predicted octanol–water partition coefficient (Wildman–Crippen LogP) is 3.71. The Labute approximate surface area is 115 Å². The van der Waals surface area contributed by atoms with Gasteiger partial charge in [-0.1, -0.05) is 18.5 Å². The van der Waals surface area contributed by atoms with Gasteiger partial charge < -0.3 is 10.1 Å². The molecule has 0 radical (unpaired) electrons. The van der Waals surface area contributed by atoms with Crippen LogP contribution < -0.4 is 5.32 Å². The van der Waals surface area contributed by atoms with Crippen LogP contribution in [0.5, 0.6) is 0 Å². The molecule has 1 amide bonds. The van der Waals surface area contributed by atoms with Crippen LogP contribution in [0.4, 0.5) is 5.69 Å². The highest BCUT2D eigenvalue weighted by atomic mass is 79.9. The molecule has 5 heteroatoms. The molecule has 0 spiro atoms. The van der Waals surface area contributed by atoms with Crippen molar-refractivity contribution in [3.63, 3.8) is 0 Å². The molecule has 0 aliphatic heterocycles. The topological polar surface area (TPSA) is 38.3 Å². The second-order valence-corrected chi connectivity index (χ2v) is 5.20. The van der Waals surface area contributed by atoms with Crippen molar-refractivity contribution in [1.29, 1.82) is 0 Å². The first-order valence-corrected chi connectivity index (χ1v) is 6.44. The first kappa shape index (κ1) is 14.5. The van der Waals surface area contributed by atoms with Crippen LogP contribution in [0.3, 0.4) is 0 Å². The van der Waals surface area contributed by atoms with E-state index in [1.54, 1.807) is 25.3 Å². The summed E-state index contributed by atoms with van der Waals surface area (Å²) in [5, 5.41) is 3.38. The molecule has 1 aromatic carbocycles. The van der Waals surface area contributed by atoms with Gasteiger partial charge in [-0.15, -0.1) is 0 Å². The number of halogens is 2. The molecule has 0 bridgehead atoms. The number of nitrogens with one attached hydrogen (secondary N) is 1. The number of hydrogen-bond donors (Lipinski definition) is 1. The number of carbonyl (C=O) groups is 1. The lowest BCUT2D eigenvalue weighted by molar-refractivity contribution is -0.117. The normalized spacial score (nSPS) is 12.2. The number of methoxy groups -OCH3 is 1. The minimum atomic E-state index is -0.0343. The molecule has 1 rings (SSSR count). The largest absolute Gasteiger partial charge is 0.384 e. The van der Waals surface area contributed by atoms with Crippen molar-refractivity contribution in [3.05, 3.63) is 27.7 Å². The first-order valence-electron chi connectivity index (χ1n) is 5.26. The minimum absolute atomic E-state index is 0.0343. The van der Waals surface area contributed by atoms with E-state index in [0.29, 0.717) is 23.7 Å². The van der Waals surface area contributed by atoms with E-state index >= 15 is 0 Å². The fourth-order valence-corrected chi connectivity index (χ4v) is 1.87. The molecule has 3 nitrogen and oxygen atoms in total. The number of carbonyl (C=O) groups excluding carboxylic acids is 1. The van der Waals surface area contributed by atoms with Crippen molar-refractivity contribution in [2.24, 2.45) is 5.92 Å². The molecular weight excluding hydrogens is 305 g/mol. The predicted molar refractivity (Wildman–Crippen MR) is 73.4 cm³/mol. The summed E-state index contributed by atoms with van der Waals surface area (Å²) in [6, 6.07) is 5.32. The van der Waals surface area contributed by atoms with E-state index in [1.807, 2.05) is 6.92 Å². The summed E-state index contributed by atoms with van der Waals surface area (Å²) < 4.78 is 5.79. The molecular formula is C12H15BrClNO2. The van der Waals surface area contributed by atoms with Crippen LogP contribution in [0.2, 0.25) is 5.02 Å². The molecule has 0 saturated carbocycles. The number of rotatable bonds is 5. The number of ether oxygens (including phenoxy) is 1. The summed E-state index contributed by atoms with van der Waals surface area (Å²) in [4.78, 5) is 11.7. The Morgan fingerprint density at radius 3 is 2.88 bits per heavy atom. The van der Waals surface area contributed by atoms with Gasteiger partial charge in [-0.05, 0) is 40.0 Å². The molecule has 1 N–H and O–H groups in total. The van der Waals surface area contributed by atoms with Crippen LogP contribution >= 0.6 is 27.5 Å². The van der Waals surface area contributed by atoms with Crippen LogP contribution in [-0.4, -0.2) is 19.6 Å². The first-order chi connectivity index (χ1) is 8.02. The highest BCUT2D eigenvalue weighted by Crippen LogP contribution is 2.25. The Balaban J connectivity index is 2.53. The summed E-state index contributed by atoms with van der Waals surface area (Å²) in [5.74, 6) is 0.166. The van der Waals surface area contributed by atoms with Crippen LogP contribution in [-0.2, 0) is 9.53 Å². The van der Waals surface area contributed by atoms with E-state index in [4.69, 9.17) is 16.3 Å². The van der Waals surface area contributed by atoms with Gasteiger partial charge in [0, 0.05) is 30.3 Å². The molecule has 0 fully saturated rings. The summed E-state index contributed by atoms with van der Waals surface area (Å²) in [7, 11) is 1.63. The van der Waals surface area contributed by atoms with Gasteiger partial charge in [0.05, 0.1) is 5.02 Å². The molecule has 0 aromatic heterocycles. The molecule has 0 aliphatic carbocycles. The van der Waals surface area contributed by atoms with E-state index in [-0.39, 0.29) is 11.8 Å². The maximum atomic E-state index is 11.7. The van der Waals surface area contributed by atoms with Gasteiger partial charge in [-0.2, -0.15) is 0 Å². The van der Waals surface area contributed by atoms with E-state index in [0.717, 1.165) is 4.47 Å². The van der Waals surface area contributed by atoms with Crippen molar-refractivity contribution in [2.45, 2.75) is 13.3 Å². The van der Waals surface area contributed by atoms with Crippen molar-refractivity contribution < 1.29 is 9.53 Å². The number of hydrogen-bond acceptors (Lipinski definition) is 2. The van der Waals surface area contributed by atoms with E-state index in [9.17, 15) is 4.79 Å². The summed E-state index contributed by atoms with van der Waals surface area (Å²) in [6.45, 7) is 2.55. The number of benzene rings is 1. The van der Waals surface area contributed by atoms with Crippen LogP contribution in [0, 0.1) is 5.92 Å². The summed E-state index contributed by atoms with van der Waals surface area (Å²) >= 11 is 9.23. The maximum Gasteiger partial charge on any atom is 0.224 e. The highest BCUT2D eigenvalue weighted by Gasteiger charge is 2.09. The third kappa shape index (κ3) is 5.06. The molecule has 1 aromatic rings. The van der Waals surface area contributed by atoms with Crippen LogP contribution in [0.15, 0.2) is 22.7 Å². The van der Waals surface area contributed by atoms with Crippen molar-refractivity contribution >= 4 is 39.1 Å². The van der Waals surface area contributed by atoms with Crippen molar-refractivity contribution in [2.75, 3.05) is 19.0 Å². The summed E-state index contributed by atoms with van der Waals surface area (Å²) in [5.41, 5.74) is 0.702. The average Bonchev–Trinajstić information content (AvgIpc) is 2.23. The Hall–Kier alpha value is -0.580. The highest BCUT2D eigenvalue weighted by molar-refractivity contribution is 9.10. The van der Waals surface area contributed by atoms with Crippen molar-refractivity contribution in [1.82, 2.24) is 0 Å². The molecule has 1 unspecified atom stereocenters. The van der Waals surface area contributed by atoms with Gasteiger partial charge in [0.15, 0.2) is 0 Å². The Bertz CT molecular complexity index is 398. The van der Waals surface area contributed by atoms with Gasteiger partial charge in [-0.25, -0.2) is 0 Å². The smallest absolute Gasteiger partial charge is 0.224 e. The van der Waals surface area contributed by atoms with E-state index in [2.05, 4.69) is 21.2 Å². The van der Waals surface area contributed by atoms with Crippen molar-refractivity contribution in [3.8, 4) is 0 Å². The van der Waals surface area contributed by atoms with E-state index in [1.165, 1.54) is 0 Å². The van der Waals surface area contributed by atoms with Gasteiger partial charge in [0.1, 0.15) is 0 Å². The van der Waals surface area contributed by atoms with Crippen LogP contribution in [0.1, 0.15) is 13.3 Å². The zero-order valence-electron chi connectivity index (χ0n) is 9.80. The third-order valence-corrected chi connectivity index (χ3v) is 3.42. The SMILES string of the molecule is COCC(C)CC(=O)Nc1ccc(Br)c(Cl)c1. The van der Waals surface area contributed by atoms with Gasteiger partial charge in [0.25, 0.3) is 0 Å². The average molecular weight is 321 g/mol. The standard InChI is InChI=1S/C12H15BrClNO2/c1-8(7-17-2)5-12(16)15-9-3-4-10(13)11(14)6-9/h3-4,6,8H,5,7H2,1-2H3,(H,15,16). The monoisotopic (exact) mass is 319 g/mol. The Morgan fingerprint density at radius 2 is 2.29 bits per heavy atom. The molecule has 0 heterocycles. The van der Waals surface area contributed by atoms with Gasteiger partial charge in [0.2, 0.25) is 5.91 Å². The second-order valence-electron chi connectivity index (χ2n) is 3.94. The molecule has 0 aliphatic rings. The number of anilines is 1. The zero-order valence-corrected chi connectivity index (χ0v) is 12.1.